The lowest BCUT2D eigenvalue weighted by Gasteiger charge is -2.33. The highest BCUT2D eigenvalue weighted by molar-refractivity contribution is 5.94. The quantitative estimate of drug-likeness (QED) is 0.628. The summed E-state index contributed by atoms with van der Waals surface area (Å²) in [6.07, 6.45) is 22.9. The van der Waals surface area contributed by atoms with Crippen LogP contribution in [0.2, 0.25) is 0 Å². The first-order valence-electron chi connectivity index (χ1n) is 13.4. The van der Waals surface area contributed by atoms with Gasteiger partial charge in [0.05, 0.1) is 0 Å². The summed E-state index contributed by atoms with van der Waals surface area (Å²) in [6, 6.07) is 0.282. The number of aliphatic imine (C=N–C) groups is 1. The van der Waals surface area contributed by atoms with Crippen molar-refractivity contribution in [3.63, 3.8) is 0 Å². The first-order valence-corrected chi connectivity index (χ1v) is 13.4. The number of hydrogen-bond donors (Lipinski definition) is 2. The molecule has 3 fully saturated rings. The maximum atomic E-state index is 14.0. The van der Waals surface area contributed by atoms with E-state index in [-0.39, 0.29) is 6.04 Å². The third-order valence-corrected chi connectivity index (χ3v) is 9.13. The van der Waals surface area contributed by atoms with E-state index in [0.29, 0.717) is 23.7 Å². The lowest BCUT2D eigenvalue weighted by Crippen LogP contribution is -3.21. The Hall–Kier alpha value is -0.900. The van der Waals surface area contributed by atoms with Gasteiger partial charge in [0.2, 0.25) is 0 Å². The Balaban J connectivity index is 1.50. The standard InChI is InChI=1S/C26H45N3O/c1-20(23-15-9-4-10-16-23)29-24(30)26(28-25(29)27,19-22-13-7-3-8-14-22)18-17-21-11-5-2-6-12-21/h20-23H,2-19H2,1H3,(H2,27,28)/p+1/t20-,26-/m1/s1. The Morgan fingerprint density at radius 3 is 2.03 bits per heavy atom. The highest BCUT2D eigenvalue weighted by Crippen LogP contribution is 2.38. The molecule has 4 aliphatic rings. The second-order valence-corrected chi connectivity index (χ2v) is 11.2. The molecule has 1 unspecified atom stereocenters. The average molecular weight is 417 g/mol. The molecule has 3 atom stereocenters. The van der Waals surface area contributed by atoms with Crippen molar-refractivity contribution >= 4 is 11.9 Å². The largest absolute Gasteiger partial charge is 0.347 e. The highest BCUT2D eigenvalue weighted by Gasteiger charge is 2.55. The number of carbonyl (C=O) groups is 1. The van der Waals surface area contributed by atoms with Gasteiger partial charge in [0, 0.05) is 5.92 Å². The summed E-state index contributed by atoms with van der Waals surface area (Å²) in [5.74, 6) is 3.02. The summed E-state index contributed by atoms with van der Waals surface area (Å²) in [6.45, 7) is 2.27. The summed E-state index contributed by atoms with van der Waals surface area (Å²) in [7, 11) is 0. The second kappa shape index (κ2) is 10.1. The number of rotatable bonds is 7. The monoisotopic (exact) mass is 416 g/mol. The minimum atomic E-state index is -0.526. The number of nitrogens with two attached hydrogens (primary N) is 1. The van der Waals surface area contributed by atoms with Crippen molar-refractivity contribution in [2.75, 3.05) is 0 Å². The predicted molar refractivity (Wildman–Crippen MR) is 123 cm³/mol. The molecule has 0 bridgehead atoms. The summed E-state index contributed by atoms with van der Waals surface area (Å²) >= 11 is 0. The van der Waals surface area contributed by atoms with Crippen LogP contribution in [0.25, 0.3) is 0 Å². The molecule has 1 amide bonds. The van der Waals surface area contributed by atoms with Crippen LogP contribution in [0, 0.1) is 17.8 Å². The number of nitrogens with zero attached hydrogens (tertiary/aromatic N) is 1. The van der Waals surface area contributed by atoms with Gasteiger partial charge in [-0.1, -0.05) is 83.5 Å². The Bertz CT molecular complexity index is 599. The molecule has 3 saturated carbocycles. The van der Waals surface area contributed by atoms with Crippen LogP contribution in [0.5, 0.6) is 0 Å². The van der Waals surface area contributed by atoms with Gasteiger partial charge in [-0.3, -0.25) is 0 Å². The zero-order valence-electron chi connectivity index (χ0n) is 19.5. The van der Waals surface area contributed by atoms with Gasteiger partial charge >= 0.3 is 11.9 Å². The normalized spacial score (nSPS) is 33.6. The van der Waals surface area contributed by atoms with Crippen molar-refractivity contribution in [1.29, 1.82) is 0 Å². The molecule has 4 heteroatoms. The highest BCUT2D eigenvalue weighted by atomic mass is 16.2. The Morgan fingerprint density at radius 1 is 0.900 bits per heavy atom. The molecule has 3 N–H and O–H groups in total. The fourth-order valence-corrected chi connectivity index (χ4v) is 7.22. The zero-order chi connectivity index (χ0) is 21.0. The number of hydrogen-bond acceptors (Lipinski definition) is 3. The van der Waals surface area contributed by atoms with Crippen LogP contribution in [0.4, 0.5) is 0 Å². The molecule has 0 radical (unpaired) electrons. The summed E-state index contributed by atoms with van der Waals surface area (Å²) in [4.78, 5) is 20.0. The summed E-state index contributed by atoms with van der Waals surface area (Å²) in [5, 5.41) is 0. The Morgan fingerprint density at radius 2 is 1.43 bits per heavy atom. The van der Waals surface area contributed by atoms with E-state index >= 15 is 0 Å². The van der Waals surface area contributed by atoms with E-state index in [4.69, 9.17) is 10.7 Å². The number of guanidine groups is 1. The zero-order valence-corrected chi connectivity index (χ0v) is 19.5. The lowest BCUT2D eigenvalue weighted by molar-refractivity contribution is -0.755. The van der Waals surface area contributed by atoms with Crippen molar-refractivity contribution in [3.8, 4) is 0 Å². The van der Waals surface area contributed by atoms with Crippen LogP contribution >= 0.6 is 0 Å². The Labute approximate surface area is 184 Å². The molecule has 3 aliphatic carbocycles. The van der Waals surface area contributed by atoms with Gasteiger partial charge < -0.3 is 5.73 Å². The van der Waals surface area contributed by atoms with Gasteiger partial charge in [0.15, 0.2) is 5.54 Å². The van der Waals surface area contributed by atoms with Gasteiger partial charge in [0.1, 0.15) is 6.04 Å². The van der Waals surface area contributed by atoms with Crippen LogP contribution in [-0.2, 0) is 4.79 Å². The average Bonchev–Trinajstić information content (AvgIpc) is 3.03. The molecule has 0 aromatic heterocycles. The molecule has 4 nitrogen and oxygen atoms in total. The minimum Gasteiger partial charge on any atom is -0.337 e. The molecule has 0 aromatic rings. The second-order valence-electron chi connectivity index (χ2n) is 11.2. The molecule has 0 aromatic carbocycles. The van der Waals surface area contributed by atoms with Crippen molar-refractivity contribution in [1.82, 2.24) is 0 Å². The van der Waals surface area contributed by atoms with Crippen LogP contribution in [-0.4, -0.2) is 23.4 Å². The maximum absolute atomic E-state index is 14.0. The first-order chi connectivity index (χ1) is 14.6. The van der Waals surface area contributed by atoms with Crippen molar-refractivity contribution < 1.29 is 9.69 Å². The molecule has 0 saturated heterocycles. The summed E-state index contributed by atoms with van der Waals surface area (Å²) < 4.78 is 0. The number of carbonyl (C=O) groups excluding carboxylic acids is 1. The van der Waals surface area contributed by atoms with Gasteiger partial charge in [0.25, 0.3) is 0 Å². The van der Waals surface area contributed by atoms with E-state index in [0.717, 1.165) is 23.7 Å². The third kappa shape index (κ3) is 4.95. The third-order valence-electron chi connectivity index (χ3n) is 9.13. The van der Waals surface area contributed by atoms with Gasteiger partial charge in [-0.25, -0.2) is 9.69 Å². The molecular weight excluding hydrogens is 370 g/mol. The summed E-state index contributed by atoms with van der Waals surface area (Å²) in [5.41, 5.74) is 6.03. The van der Waals surface area contributed by atoms with Crippen LogP contribution in [0.3, 0.4) is 0 Å². The topological polar surface area (TPSA) is 59.9 Å². The van der Waals surface area contributed by atoms with E-state index < -0.39 is 5.54 Å². The van der Waals surface area contributed by atoms with Gasteiger partial charge in [-0.2, -0.15) is 4.99 Å². The lowest BCUT2D eigenvalue weighted by atomic mass is 9.75. The SMILES string of the molecule is C[C@H](C1CCCCC1)[NH+]1C(=O)[C@@](CCC2CCCCC2)(CC2CCCCC2)N=C1N. The van der Waals surface area contributed by atoms with Crippen LogP contribution in [0.15, 0.2) is 4.99 Å². The van der Waals surface area contributed by atoms with E-state index in [1.54, 1.807) is 0 Å². The van der Waals surface area contributed by atoms with E-state index in [1.165, 1.54) is 103 Å². The minimum absolute atomic E-state index is 0.282. The predicted octanol–water partition coefficient (Wildman–Crippen LogP) is 4.76. The Kier molecular flexibility index (Phi) is 7.54. The fraction of sp³-hybridized carbons (Fsp3) is 0.923. The van der Waals surface area contributed by atoms with Crippen molar-refractivity contribution in [2.45, 2.75) is 134 Å². The number of amides is 1. The number of nitrogens with one attached hydrogen (secondary N) is 1. The van der Waals surface area contributed by atoms with E-state index in [1.807, 2.05) is 0 Å². The number of quaternary nitrogens is 1. The van der Waals surface area contributed by atoms with Gasteiger partial charge in [-0.15, -0.1) is 0 Å². The fourth-order valence-electron chi connectivity index (χ4n) is 7.22. The molecule has 1 aliphatic heterocycles. The van der Waals surface area contributed by atoms with E-state index in [2.05, 4.69) is 6.92 Å². The van der Waals surface area contributed by atoms with Gasteiger partial charge in [-0.05, 0) is 50.9 Å². The molecule has 0 spiro atoms. The molecule has 4 rings (SSSR count). The molecule has 30 heavy (non-hydrogen) atoms. The van der Waals surface area contributed by atoms with Crippen molar-refractivity contribution in [3.05, 3.63) is 0 Å². The van der Waals surface area contributed by atoms with E-state index in [9.17, 15) is 4.79 Å². The first kappa shape index (κ1) is 22.3. The molecule has 170 valence electrons. The maximum Gasteiger partial charge on any atom is 0.347 e. The van der Waals surface area contributed by atoms with Crippen LogP contribution in [0.1, 0.15) is 122 Å². The molecule has 1 heterocycles. The smallest absolute Gasteiger partial charge is 0.337 e. The van der Waals surface area contributed by atoms with Crippen molar-refractivity contribution in [2.24, 2.45) is 28.5 Å². The van der Waals surface area contributed by atoms with Crippen LogP contribution < -0.4 is 10.6 Å². The molecular formula is C26H46N3O+.